The molecule has 1 aromatic rings. The number of methoxy groups -OCH3 is 1. The van der Waals surface area contributed by atoms with Gasteiger partial charge in [-0.1, -0.05) is 13.0 Å². The minimum Gasteiger partial charge on any atom is -0.383 e. The summed E-state index contributed by atoms with van der Waals surface area (Å²) in [6, 6.07) is 6.52. The van der Waals surface area contributed by atoms with Crippen LogP contribution in [0.4, 0.5) is 5.82 Å². The quantitative estimate of drug-likeness (QED) is 0.767. The molecule has 1 unspecified atom stereocenters. The van der Waals surface area contributed by atoms with Gasteiger partial charge in [0.2, 0.25) is 0 Å². The van der Waals surface area contributed by atoms with Crippen LogP contribution in [-0.4, -0.2) is 37.8 Å². The second-order valence-electron chi connectivity index (χ2n) is 4.36. The molecule has 0 bridgehead atoms. The van der Waals surface area contributed by atoms with Crippen LogP contribution in [0, 0.1) is 0 Å². The molecular weight excluding hydrogens is 226 g/mol. The summed E-state index contributed by atoms with van der Waals surface area (Å²) in [6.07, 6.45) is 0. The van der Waals surface area contributed by atoms with Crippen molar-refractivity contribution < 1.29 is 4.74 Å². The van der Waals surface area contributed by atoms with E-state index in [0.29, 0.717) is 12.6 Å². The third-order valence-corrected chi connectivity index (χ3v) is 2.92. The Morgan fingerprint density at radius 1 is 1.39 bits per heavy atom. The minimum atomic E-state index is 0.335. The standard InChI is InChI=1S/C14H25N3O/c1-5-15-10-13-8-7-9-14(16-13)17(6-2)12(3)11-18-4/h7-9,12,15H,5-6,10-11H2,1-4H3. The zero-order valence-corrected chi connectivity index (χ0v) is 11.9. The highest BCUT2D eigenvalue weighted by Crippen LogP contribution is 2.14. The first kappa shape index (κ1) is 14.9. The van der Waals surface area contributed by atoms with Gasteiger partial charge in [-0.25, -0.2) is 4.98 Å². The van der Waals surface area contributed by atoms with Crippen molar-refractivity contribution in [2.45, 2.75) is 33.4 Å². The van der Waals surface area contributed by atoms with Gasteiger partial charge in [-0.05, 0) is 32.5 Å². The number of nitrogens with one attached hydrogen (secondary N) is 1. The van der Waals surface area contributed by atoms with Gasteiger partial charge in [0.05, 0.1) is 18.3 Å². The van der Waals surface area contributed by atoms with Gasteiger partial charge in [0.15, 0.2) is 0 Å². The number of rotatable bonds is 8. The maximum atomic E-state index is 5.22. The molecule has 102 valence electrons. The number of nitrogens with zero attached hydrogens (tertiary/aromatic N) is 2. The second kappa shape index (κ2) is 8.06. The Kier molecular flexibility index (Phi) is 6.68. The van der Waals surface area contributed by atoms with Gasteiger partial charge in [-0.15, -0.1) is 0 Å². The first-order valence-corrected chi connectivity index (χ1v) is 6.65. The fraction of sp³-hybridized carbons (Fsp3) is 0.643. The summed E-state index contributed by atoms with van der Waals surface area (Å²) in [6.45, 7) is 9.83. The summed E-state index contributed by atoms with van der Waals surface area (Å²) < 4.78 is 5.22. The van der Waals surface area contributed by atoms with E-state index in [1.807, 2.05) is 0 Å². The lowest BCUT2D eigenvalue weighted by molar-refractivity contribution is 0.181. The first-order valence-electron chi connectivity index (χ1n) is 6.65. The van der Waals surface area contributed by atoms with Crippen LogP contribution in [0.15, 0.2) is 18.2 Å². The largest absolute Gasteiger partial charge is 0.383 e. The average molecular weight is 251 g/mol. The van der Waals surface area contributed by atoms with Gasteiger partial charge in [0.25, 0.3) is 0 Å². The van der Waals surface area contributed by atoms with Gasteiger partial charge >= 0.3 is 0 Å². The maximum absolute atomic E-state index is 5.22. The first-order chi connectivity index (χ1) is 8.72. The molecule has 0 aromatic carbocycles. The van der Waals surface area contributed by atoms with Gasteiger partial charge < -0.3 is 15.0 Å². The van der Waals surface area contributed by atoms with Crippen LogP contribution in [0.5, 0.6) is 0 Å². The van der Waals surface area contributed by atoms with Crippen molar-refractivity contribution in [2.75, 3.05) is 31.7 Å². The van der Waals surface area contributed by atoms with Crippen LogP contribution in [0.25, 0.3) is 0 Å². The SMILES string of the molecule is CCNCc1cccc(N(CC)C(C)COC)n1. The lowest BCUT2D eigenvalue weighted by Gasteiger charge is -2.28. The van der Waals surface area contributed by atoms with Crippen LogP contribution < -0.4 is 10.2 Å². The Hall–Kier alpha value is -1.13. The molecule has 0 aliphatic rings. The molecular formula is C14H25N3O. The zero-order chi connectivity index (χ0) is 13.4. The molecule has 1 rings (SSSR count). The normalized spacial score (nSPS) is 12.4. The molecule has 1 N–H and O–H groups in total. The molecule has 0 spiro atoms. The molecule has 0 saturated carbocycles. The molecule has 0 aliphatic heterocycles. The highest BCUT2D eigenvalue weighted by molar-refractivity contribution is 5.40. The Morgan fingerprint density at radius 2 is 2.17 bits per heavy atom. The third kappa shape index (κ3) is 4.27. The molecule has 1 aromatic heterocycles. The molecule has 1 heterocycles. The van der Waals surface area contributed by atoms with Crippen molar-refractivity contribution in [3.8, 4) is 0 Å². The van der Waals surface area contributed by atoms with Crippen molar-refractivity contribution >= 4 is 5.82 Å². The summed E-state index contributed by atoms with van der Waals surface area (Å²) in [5.74, 6) is 1.03. The van der Waals surface area contributed by atoms with Crippen molar-refractivity contribution in [3.63, 3.8) is 0 Å². The van der Waals surface area contributed by atoms with Crippen LogP contribution in [0.2, 0.25) is 0 Å². The average Bonchev–Trinajstić information content (AvgIpc) is 2.38. The van der Waals surface area contributed by atoms with Gasteiger partial charge in [0.1, 0.15) is 5.82 Å². The van der Waals surface area contributed by atoms with Crippen molar-refractivity contribution in [2.24, 2.45) is 0 Å². The van der Waals surface area contributed by atoms with E-state index >= 15 is 0 Å². The number of pyridine rings is 1. The van der Waals surface area contributed by atoms with E-state index in [9.17, 15) is 0 Å². The van der Waals surface area contributed by atoms with Crippen molar-refractivity contribution in [3.05, 3.63) is 23.9 Å². The number of ether oxygens (including phenoxy) is 1. The zero-order valence-electron chi connectivity index (χ0n) is 11.9. The third-order valence-electron chi connectivity index (χ3n) is 2.92. The number of anilines is 1. The lowest BCUT2D eigenvalue weighted by Crippen LogP contribution is -2.36. The molecule has 0 radical (unpaired) electrons. The van der Waals surface area contributed by atoms with Crippen molar-refractivity contribution in [1.82, 2.24) is 10.3 Å². The van der Waals surface area contributed by atoms with Crippen LogP contribution in [0.1, 0.15) is 26.5 Å². The van der Waals surface area contributed by atoms with Gasteiger partial charge in [0, 0.05) is 20.2 Å². The fourth-order valence-corrected chi connectivity index (χ4v) is 2.01. The highest BCUT2D eigenvalue weighted by atomic mass is 16.5. The molecule has 4 nitrogen and oxygen atoms in total. The summed E-state index contributed by atoms with van der Waals surface area (Å²) in [7, 11) is 1.74. The molecule has 4 heteroatoms. The van der Waals surface area contributed by atoms with E-state index in [2.05, 4.69) is 49.2 Å². The Labute approximate surface area is 110 Å². The van der Waals surface area contributed by atoms with Gasteiger partial charge in [-0.3, -0.25) is 0 Å². The van der Waals surface area contributed by atoms with E-state index < -0.39 is 0 Å². The fourth-order valence-electron chi connectivity index (χ4n) is 2.01. The number of likely N-dealkylation sites (N-methyl/N-ethyl adjacent to an activating group) is 1. The predicted octanol–water partition coefficient (Wildman–Crippen LogP) is 2.05. The van der Waals surface area contributed by atoms with Crippen LogP contribution in [-0.2, 0) is 11.3 Å². The predicted molar refractivity (Wildman–Crippen MR) is 76.0 cm³/mol. The monoisotopic (exact) mass is 251 g/mol. The van der Waals surface area contributed by atoms with Crippen LogP contribution in [0.3, 0.4) is 0 Å². The number of aromatic nitrogens is 1. The molecule has 0 aliphatic carbocycles. The van der Waals surface area contributed by atoms with E-state index in [1.165, 1.54) is 0 Å². The molecule has 0 saturated heterocycles. The van der Waals surface area contributed by atoms with Crippen molar-refractivity contribution in [1.29, 1.82) is 0 Å². The van der Waals surface area contributed by atoms with E-state index in [-0.39, 0.29) is 0 Å². The molecule has 1 atom stereocenters. The smallest absolute Gasteiger partial charge is 0.129 e. The molecule has 18 heavy (non-hydrogen) atoms. The summed E-state index contributed by atoms with van der Waals surface area (Å²) >= 11 is 0. The summed E-state index contributed by atoms with van der Waals surface area (Å²) in [5, 5.41) is 3.30. The summed E-state index contributed by atoms with van der Waals surface area (Å²) in [4.78, 5) is 6.96. The van der Waals surface area contributed by atoms with Crippen LogP contribution >= 0.6 is 0 Å². The Balaban J connectivity index is 2.78. The van der Waals surface area contributed by atoms with E-state index in [4.69, 9.17) is 9.72 Å². The topological polar surface area (TPSA) is 37.4 Å². The summed E-state index contributed by atoms with van der Waals surface area (Å²) in [5.41, 5.74) is 1.08. The second-order valence-corrected chi connectivity index (χ2v) is 4.36. The maximum Gasteiger partial charge on any atom is 0.129 e. The van der Waals surface area contributed by atoms with E-state index in [0.717, 1.165) is 31.1 Å². The number of hydrogen-bond acceptors (Lipinski definition) is 4. The number of hydrogen-bond donors (Lipinski definition) is 1. The minimum absolute atomic E-state index is 0.335. The highest BCUT2D eigenvalue weighted by Gasteiger charge is 2.13. The van der Waals surface area contributed by atoms with E-state index in [1.54, 1.807) is 7.11 Å². The Bertz CT molecular complexity index is 344. The molecule has 0 fully saturated rings. The Morgan fingerprint density at radius 3 is 2.78 bits per heavy atom. The molecule has 0 amide bonds. The lowest BCUT2D eigenvalue weighted by atomic mass is 10.2. The van der Waals surface area contributed by atoms with Gasteiger partial charge in [-0.2, -0.15) is 0 Å².